The van der Waals surface area contributed by atoms with Gasteiger partial charge in [-0.1, -0.05) is 36.4 Å². The van der Waals surface area contributed by atoms with Gasteiger partial charge in [0.05, 0.1) is 12.8 Å². The molecule has 0 amide bonds. The summed E-state index contributed by atoms with van der Waals surface area (Å²) in [6.07, 6.45) is 0. The molecule has 1 aliphatic rings. The topological polar surface area (TPSA) is 15.7 Å². The van der Waals surface area contributed by atoms with Gasteiger partial charge in [0.25, 0.3) is 0 Å². The van der Waals surface area contributed by atoms with Crippen LogP contribution in [0, 0.1) is 13.8 Å². The lowest BCUT2D eigenvalue weighted by Crippen LogP contribution is -2.47. The van der Waals surface area contributed by atoms with E-state index in [1.165, 1.54) is 11.3 Å². The molecule has 0 saturated carbocycles. The molecule has 23 heavy (non-hydrogen) atoms. The molecule has 1 aliphatic heterocycles. The van der Waals surface area contributed by atoms with Crippen LogP contribution < -0.4 is 9.64 Å². The van der Waals surface area contributed by atoms with Crippen LogP contribution in [0.25, 0.3) is 0 Å². The number of benzene rings is 2. The normalized spacial score (nSPS) is 17.1. The highest BCUT2D eigenvalue weighted by molar-refractivity contribution is 5.58. The van der Waals surface area contributed by atoms with Gasteiger partial charge in [0, 0.05) is 32.2 Å². The van der Waals surface area contributed by atoms with Gasteiger partial charge in [-0.15, -0.1) is 0 Å². The van der Waals surface area contributed by atoms with Crippen LogP contribution in [-0.2, 0) is 0 Å². The molecule has 2 aromatic carbocycles. The molecule has 0 bridgehead atoms. The van der Waals surface area contributed by atoms with Gasteiger partial charge in [-0.2, -0.15) is 0 Å². The number of ether oxygens (including phenoxy) is 1. The molecular formula is C20H24N2O. The Labute approximate surface area is 139 Å². The van der Waals surface area contributed by atoms with Gasteiger partial charge >= 0.3 is 0 Å². The average molecular weight is 308 g/mol. The van der Waals surface area contributed by atoms with E-state index in [1.807, 2.05) is 18.2 Å². The molecule has 2 radical (unpaired) electrons. The van der Waals surface area contributed by atoms with E-state index in [-0.39, 0.29) is 6.04 Å². The first-order chi connectivity index (χ1) is 11.2. The minimum Gasteiger partial charge on any atom is -0.495 e. The monoisotopic (exact) mass is 308 g/mol. The number of hydrogen-bond acceptors (Lipinski definition) is 3. The van der Waals surface area contributed by atoms with Gasteiger partial charge in [0.15, 0.2) is 0 Å². The molecule has 3 nitrogen and oxygen atoms in total. The average Bonchev–Trinajstić information content (AvgIpc) is 2.61. The zero-order valence-electron chi connectivity index (χ0n) is 13.7. The maximum absolute atomic E-state index is 5.48. The maximum atomic E-state index is 5.48. The highest BCUT2D eigenvalue weighted by Gasteiger charge is 2.23. The van der Waals surface area contributed by atoms with Crippen molar-refractivity contribution in [3.8, 4) is 5.75 Å². The fraction of sp³-hybridized carbons (Fsp3) is 0.300. The Balaban J connectivity index is 1.66. The molecule has 1 heterocycles. The van der Waals surface area contributed by atoms with E-state index in [2.05, 4.69) is 54.0 Å². The van der Waals surface area contributed by atoms with Crippen molar-refractivity contribution >= 4 is 5.69 Å². The molecule has 0 N–H and O–H groups in total. The Bertz CT molecular complexity index is 648. The number of hydrogen-bond donors (Lipinski definition) is 0. The van der Waals surface area contributed by atoms with Crippen LogP contribution in [0.5, 0.6) is 5.75 Å². The highest BCUT2D eigenvalue weighted by Crippen LogP contribution is 2.30. The Morgan fingerprint density at radius 3 is 2.43 bits per heavy atom. The van der Waals surface area contributed by atoms with Crippen molar-refractivity contribution in [2.24, 2.45) is 0 Å². The molecule has 0 spiro atoms. The van der Waals surface area contributed by atoms with Crippen molar-refractivity contribution in [1.29, 1.82) is 0 Å². The summed E-state index contributed by atoms with van der Waals surface area (Å²) >= 11 is 0. The molecule has 120 valence electrons. The fourth-order valence-electron chi connectivity index (χ4n) is 3.18. The summed E-state index contributed by atoms with van der Waals surface area (Å²) in [6.45, 7) is 12.3. The predicted octanol–water partition coefficient (Wildman–Crippen LogP) is 3.57. The van der Waals surface area contributed by atoms with E-state index in [9.17, 15) is 0 Å². The number of rotatable bonds is 4. The molecule has 1 unspecified atom stereocenters. The molecule has 2 aromatic rings. The van der Waals surface area contributed by atoms with Gasteiger partial charge in [-0.3, -0.25) is 4.90 Å². The third-order valence-corrected chi connectivity index (χ3v) is 4.52. The van der Waals surface area contributed by atoms with E-state index >= 15 is 0 Å². The third-order valence-electron chi connectivity index (χ3n) is 4.52. The molecule has 0 aromatic heterocycles. The first-order valence-electron chi connectivity index (χ1n) is 8.06. The largest absolute Gasteiger partial charge is 0.495 e. The summed E-state index contributed by atoms with van der Waals surface area (Å²) in [7, 11) is 1.73. The molecular weight excluding hydrogens is 284 g/mol. The van der Waals surface area contributed by atoms with Crippen molar-refractivity contribution in [1.82, 2.24) is 4.90 Å². The second-order valence-electron chi connectivity index (χ2n) is 5.96. The zero-order chi connectivity index (χ0) is 16.2. The minimum absolute atomic E-state index is 0.177. The lowest BCUT2D eigenvalue weighted by atomic mass is 10.0. The summed E-state index contributed by atoms with van der Waals surface area (Å²) in [6, 6.07) is 16.7. The Hall–Kier alpha value is -2.00. The van der Waals surface area contributed by atoms with E-state index in [4.69, 9.17) is 4.74 Å². The second kappa shape index (κ2) is 7.05. The smallest absolute Gasteiger partial charge is 0.142 e. The lowest BCUT2D eigenvalue weighted by Gasteiger charge is -2.39. The van der Waals surface area contributed by atoms with E-state index in [0.29, 0.717) is 0 Å². The van der Waals surface area contributed by atoms with Crippen LogP contribution >= 0.6 is 0 Å². The molecule has 0 aliphatic carbocycles. The number of para-hydroxylation sites is 2. The SMILES string of the molecule is [CH2]c1cccc(C([CH2])N2CCN(c3ccccc3OC)CC2)c1. The first kappa shape index (κ1) is 15.9. The Kier molecular flexibility index (Phi) is 4.87. The van der Waals surface area contributed by atoms with Gasteiger partial charge < -0.3 is 9.64 Å². The van der Waals surface area contributed by atoms with Crippen molar-refractivity contribution in [3.63, 3.8) is 0 Å². The minimum atomic E-state index is 0.177. The van der Waals surface area contributed by atoms with Gasteiger partial charge in [0.1, 0.15) is 5.75 Å². The van der Waals surface area contributed by atoms with Crippen LogP contribution in [0.4, 0.5) is 5.69 Å². The van der Waals surface area contributed by atoms with Crippen molar-refractivity contribution < 1.29 is 4.74 Å². The van der Waals surface area contributed by atoms with E-state index < -0.39 is 0 Å². The van der Waals surface area contributed by atoms with Gasteiger partial charge in [0.2, 0.25) is 0 Å². The number of methoxy groups -OCH3 is 1. The molecule has 1 atom stereocenters. The first-order valence-corrected chi connectivity index (χ1v) is 8.06. The number of anilines is 1. The van der Waals surface area contributed by atoms with Gasteiger partial charge in [-0.05, 0) is 37.1 Å². The number of piperazine rings is 1. The van der Waals surface area contributed by atoms with Gasteiger partial charge in [-0.25, -0.2) is 0 Å². The van der Waals surface area contributed by atoms with Crippen LogP contribution in [0.15, 0.2) is 48.5 Å². The summed E-state index contributed by atoms with van der Waals surface area (Å²) in [5, 5.41) is 0. The maximum Gasteiger partial charge on any atom is 0.142 e. The Morgan fingerprint density at radius 1 is 1.00 bits per heavy atom. The number of nitrogens with zero attached hydrogens (tertiary/aromatic N) is 2. The fourth-order valence-corrected chi connectivity index (χ4v) is 3.18. The standard InChI is InChI=1S/C20H24N2O/c1-16-7-6-8-18(15-16)17(2)21-11-13-22(14-12-21)19-9-4-5-10-20(19)23-3/h4-10,15,17H,1-2,11-14H2,3H3. The van der Waals surface area contributed by atoms with E-state index in [1.54, 1.807) is 7.11 Å². The quantitative estimate of drug-likeness (QED) is 0.859. The zero-order valence-corrected chi connectivity index (χ0v) is 13.7. The Morgan fingerprint density at radius 2 is 1.74 bits per heavy atom. The van der Waals surface area contributed by atoms with Crippen LogP contribution in [-0.4, -0.2) is 38.2 Å². The van der Waals surface area contributed by atoms with Crippen LogP contribution in [0.1, 0.15) is 17.2 Å². The predicted molar refractivity (Wildman–Crippen MR) is 95.8 cm³/mol. The highest BCUT2D eigenvalue weighted by atomic mass is 16.5. The lowest BCUT2D eigenvalue weighted by molar-refractivity contribution is 0.215. The molecule has 1 fully saturated rings. The van der Waals surface area contributed by atoms with Crippen LogP contribution in [0.2, 0.25) is 0 Å². The molecule has 3 rings (SSSR count). The van der Waals surface area contributed by atoms with Crippen molar-refractivity contribution in [2.75, 3.05) is 38.2 Å². The van der Waals surface area contributed by atoms with E-state index in [0.717, 1.165) is 37.5 Å². The second-order valence-corrected chi connectivity index (χ2v) is 5.96. The summed E-state index contributed by atoms with van der Waals surface area (Å²) in [5.41, 5.74) is 3.46. The van der Waals surface area contributed by atoms with Crippen LogP contribution in [0.3, 0.4) is 0 Å². The van der Waals surface area contributed by atoms with Crippen molar-refractivity contribution in [3.05, 3.63) is 73.5 Å². The molecule has 3 heteroatoms. The van der Waals surface area contributed by atoms with Crippen molar-refractivity contribution in [2.45, 2.75) is 6.04 Å². The summed E-state index contributed by atoms with van der Waals surface area (Å²) in [5.74, 6) is 0.942. The summed E-state index contributed by atoms with van der Waals surface area (Å²) < 4.78 is 5.48. The third kappa shape index (κ3) is 3.50. The molecule has 1 saturated heterocycles. The summed E-state index contributed by atoms with van der Waals surface area (Å²) in [4.78, 5) is 4.82.